The Labute approximate surface area is 122 Å². The van der Waals surface area contributed by atoms with E-state index in [0.717, 1.165) is 4.96 Å². The lowest BCUT2D eigenvalue weighted by molar-refractivity contribution is 0.454. The lowest BCUT2D eigenvalue weighted by atomic mass is 10.2. The van der Waals surface area contributed by atoms with Gasteiger partial charge < -0.3 is 4.74 Å². The molecule has 100 valence electrons. The molecule has 7 heteroatoms. The van der Waals surface area contributed by atoms with Crippen molar-refractivity contribution in [2.75, 3.05) is 0 Å². The smallest absolute Gasteiger partial charge is 0.243 e. The Kier molecular flexibility index (Phi) is 3.30. The van der Waals surface area contributed by atoms with Gasteiger partial charge in [-0.25, -0.2) is 4.39 Å². The molecule has 0 atom stereocenters. The van der Waals surface area contributed by atoms with Crippen LogP contribution in [0.4, 0.5) is 4.39 Å². The van der Waals surface area contributed by atoms with Gasteiger partial charge in [-0.15, -0.1) is 22.9 Å². The third-order valence-corrected chi connectivity index (χ3v) is 3.75. The molecule has 4 nitrogen and oxygen atoms in total. The fourth-order valence-corrected chi connectivity index (χ4v) is 2.79. The quantitative estimate of drug-likeness (QED) is 0.689. The molecule has 0 saturated carbocycles. The maximum atomic E-state index is 13.5. The topological polar surface area (TPSA) is 50.3 Å². The van der Waals surface area contributed by atoms with E-state index in [9.17, 15) is 4.39 Å². The Bertz CT molecular complexity index is 821. The van der Waals surface area contributed by atoms with E-state index >= 15 is 0 Å². The van der Waals surface area contributed by atoms with Crippen molar-refractivity contribution in [1.29, 1.82) is 5.26 Å². The maximum Gasteiger partial charge on any atom is 0.243 e. The number of nitrogens with zero attached hydrogens (tertiary/aromatic N) is 3. The van der Waals surface area contributed by atoms with Crippen LogP contribution in [0.15, 0.2) is 29.8 Å². The van der Waals surface area contributed by atoms with Crippen molar-refractivity contribution in [2.24, 2.45) is 0 Å². The standard InChI is InChI=1S/C13H7ClFN3OS/c14-6-10-12(17-13-18(10)4-5-20-13)19-11-3-1-2-9(15)8(11)7-16/h1-5H,6H2. The van der Waals surface area contributed by atoms with Gasteiger partial charge in [-0.1, -0.05) is 6.07 Å². The predicted octanol–water partition coefficient (Wildman–Crippen LogP) is 3.94. The van der Waals surface area contributed by atoms with Crippen LogP contribution in [-0.2, 0) is 5.88 Å². The van der Waals surface area contributed by atoms with Gasteiger partial charge in [0, 0.05) is 11.6 Å². The minimum atomic E-state index is -0.626. The molecule has 0 radical (unpaired) electrons. The van der Waals surface area contributed by atoms with Gasteiger partial charge in [-0.3, -0.25) is 4.40 Å². The number of ether oxygens (including phenoxy) is 1. The summed E-state index contributed by atoms with van der Waals surface area (Å²) < 4.78 is 20.9. The average Bonchev–Trinajstić information content (AvgIpc) is 2.99. The number of halogens is 2. The lowest BCUT2D eigenvalue weighted by Crippen LogP contribution is -1.94. The molecule has 0 fully saturated rings. The number of benzene rings is 1. The fraction of sp³-hybridized carbons (Fsp3) is 0.0769. The van der Waals surface area contributed by atoms with Crippen molar-refractivity contribution in [3.8, 4) is 17.7 Å². The van der Waals surface area contributed by atoms with E-state index in [1.165, 1.54) is 29.5 Å². The first kappa shape index (κ1) is 12.9. The average molecular weight is 308 g/mol. The molecule has 0 unspecified atom stereocenters. The number of imidazole rings is 1. The molecule has 3 aromatic rings. The highest BCUT2D eigenvalue weighted by Gasteiger charge is 2.17. The summed E-state index contributed by atoms with van der Waals surface area (Å²) in [6.07, 6.45) is 1.83. The largest absolute Gasteiger partial charge is 0.436 e. The molecule has 0 bridgehead atoms. The molecule has 2 heterocycles. The zero-order valence-electron chi connectivity index (χ0n) is 10.0. The van der Waals surface area contributed by atoms with E-state index in [0.29, 0.717) is 5.69 Å². The zero-order valence-corrected chi connectivity index (χ0v) is 11.6. The van der Waals surface area contributed by atoms with E-state index < -0.39 is 5.82 Å². The van der Waals surface area contributed by atoms with Crippen molar-refractivity contribution in [3.05, 3.63) is 46.9 Å². The molecule has 0 saturated heterocycles. The zero-order chi connectivity index (χ0) is 14.1. The van der Waals surface area contributed by atoms with E-state index in [2.05, 4.69) is 4.98 Å². The maximum absolute atomic E-state index is 13.5. The normalized spacial score (nSPS) is 10.7. The van der Waals surface area contributed by atoms with Crippen molar-refractivity contribution in [3.63, 3.8) is 0 Å². The summed E-state index contributed by atoms with van der Waals surface area (Å²) in [5, 5.41) is 10.9. The van der Waals surface area contributed by atoms with Gasteiger partial charge in [0.2, 0.25) is 5.88 Å². The van der Waals surface area contributed by atoms with E-state index in [-0.39, 0.29) is 23.1 Å². The van der Waals surface area contributed by atoms with Crippen molar-refractivity contribution < 1.29 is 9.13 Å². The van der Waals surface area contributed by atoms with Gasteiger partial charge in [0.25, 0.3) is 0 Å². The summed E-state index contributed by atoms with van der Waals surface area (Å²) in [7, 11) is 0. The van der Waals surface area contributed by atoms with Gasteiger partial charge in [0.05, 0.1) is 5.88 Å². The third kappa shape index (κ3) is 2.01. The molecule has 2 aromatic heterocycles. The highest BCUT2D eigenvalue weighted by atomic mass is 35.5. The van der Waals surface area contributed by atoms with Crippen LogP contribution < -0.4 is 4.74 Å². The van der Waals surface area contributed by atoms with Crippen LogP contribution in [-0.4, -0.2) is 9.38 Å². The van der Waals surface area contributed by atoms with Gasteiger partial charge in [0.1, 0.15) is 28.9 Å². The van der Waals surface area contributed by atoms with Gasteiger partial charge in [-0.2, -0.15) is 10.2 Å². The van der Waals surface area contributed by atoms with Gasteiger partial charge in [0.15, 0.2) is 4.96 Å². The number of rotatable bonds is 3. The first-order valence-electron chi connectivity index (χ1n) is 5.61. The Morgan fingerprint density at radius 3 is 3.10 bits per heavy atom. The SMILES string of the molecule is N#Cc1c(F)cccc1Oc1nc2sccn2c1CCl. The molecule has 20 heavy (non-hydrogen) atoms. The first-order chi connectivity index (χ1) is 9.74. The first-order valence-corrected chi connectivity index (χ1v) is 7.03. The Morgan fingerprint density at radius 2 is 2.35 bits per heavy atom. The predicted molar refractivity (Wildman–Crippen MR) is 73.8 cm³/mol. The number of hydrogen-bond donors (Lipinski definition) is 0. The lowest BCUT2D eigenvalue weighted by Gasteiger charge is -2.06. The number of fused-ring (bicyclic) bond motifs is 1. The summed E-state index contributed by atoms with van der Waals surface area (Å²) in [5.74, 6) is -0.0123. The highest BCUT2D eigenvalue weighted by molar-refractivity contribution is 7.15. The van der Waals surface area contributed by atoms with Crippen LogP contribution in [0.3, 0.4) is 0 Å². The monoisotopic (exact) mass is 307 g/mol. The Morgan fingerprint density at radius 1 is 1.50 bits per heavy atom. The molecule has 0 aliphatic rings. The second kappa shape index (κ2) is 5.12. The van der Waals surface area contributed by atoms with Crippen LogP contribution in [0.25, 0.3) is 4.96 Å². The summed E-state index contributed by atoms with van der Waals surface area (Å²) in [6, 6.07) is 5.99. The minimum absolute atomic E-state index is 0.129. The molecule has 0 N–H and O–H groups in total. The molecular formula is C13H7ClFN3OS. The van der Waals surface area contributed by atoms with E-state index in [1.807, 2.05) is 11.6 Å². The second-order valence-corrected chi connectivity index (χ2v) is 5.02. The number of hydrogen-bond acceptors (Lipinski definition) is 4. The number of aromatic nitrogens is 2. The molecule has 3 rings (SSSR count). The molecule has 0 amide bonds. The van der Waals surface area contributed by atoms with E-state index in [1.54, 1.807) is 10.5 Å². The summed E-state index contributed by atoms with van der Waals surface area (Å²) in [6.45, 7) is 0. The Balaban J connectivity index is 2.08. The summed E-state index contributed by atoms with van der Waals surface area (Å²) in [5.41, 5.74) is 0.514. The summed E-state index contributed by atoms with van der Waals surface area (Å²) >= 11 is 7.34. The fourth-order valence-electron chi connectivity index (χ4n) is 1.82. The number of alkyl halides is 1. The molecule has 0 aliphatic carbocycles. The van der Waals surface area contributed by atoms with Crippen LogP contribution in [0.2, 0.25) is 0 Å². The minimum Gasteiger partial charge on any atom is -0.436 e. The third-order valence-electron chi connectivity index (χ3n) is 2.74. The van der Waals surface area contributed by atoms with Crippen LogP contribution in [0.1, 0.15) is 11.3 Å². The number of nitriles is 1. The van der Waals surface area contributed by atoms with Gasteiger partial charge >= 0.3 is 0 Å². The van der Waals surface area contributed by atoms with Crippen LogP contribution in [0, 0.1) is 17.1 Å². The molecular weight excluding hydrogens is 301 g/mol. The van der Waals surface area contributed by atoms with Gasteiger partial charge in [-0.05, 0) is 12.1 Å². The van der Waals surface area contributed by atoms with Crippen molar-refractivity contribution in [1.82, 2.24) is 9.38 Å². The molecule has 0 aliphatic heterocycles. The summed E-state index contributed by atoms with van der Waals surface area (Å²) in [4.78, 5) is 5.01. The van der Waals surface area contributed by atoms with Crippen molar-refractivity contribution >= 4 is 27.9 Å². The second-order valence-electron chi connectivity index (χ2n) is 3.88. The molecule has 1 aromatic carbocycles. The van der Waals surface area contributed by atoms with E-state index in [4.69, 9.17) is 21.6 Å². The van der Waals surface area contributed by atoms with Crippen LogP contribution >= 0.6 is 22.9 Å². The molecule has 0 spiro atoms. The Hall–Kier alpha value is -2.10. The van der Waals surface area contributed by atoms with Crippen LogP contribution in [0.5, 0.6) is 11.6 Å². The van der Waals surface area contributed by atoms with Crippen molar-refractivity contribution in [2.45, 2.75) is 5.88 Å². The highest BCUT2D eigenvalue weighted by Crippen LogP contribution is 2.31. The number of thiazole rings is 1.